The highest BCUT2D eigenvalue weighted by Gasteiger charge is 2.24. The largest absolute Gasteiger partial charge is 0.478 e. The van der Waals surface area contributed by atoms with Gasteiger partial charge in [0.2, 0.25) is 0 Å². The number of carbonyl (C=O) groups is 1. The number of sulfonamides is 1. The number of carboxylic acid groups (broad SMARTS) is 1. The highest BCUT2D eigenvalue weighted by molar-refractivity contribution is 7.93. The van der Waals surface area contributed by atoms with Crippen molar-refractivity contribution < 1.29 is 18.3 Å². The van der Waals surface area contributed by atoms with Crippen molar-refractivity contribution in [3.63, 3.8) is 0 Å². The van der Waals surface area contributed by atoms with Crippen LogP contribution < -0.4 is 9.86 Å². The zero-order valence-electron chi connectivity index (χ0n) is 15.6. The standard InChI is InChI=1S/C20H15N3O5S2/c1-23(30(27,28)14-5-3-2-4-6-14)20-22-17(11-29-20)15-9-12-7-8-13(19(25)26)10-16(12)21-18(15)24/h2-11H,1H3,(H,21,24)(H,25,26). The maximum absolute atomic E-state index is 12.8. The monoisotopic (exact) mass is 441 g/mol. The molecule has 0 atom stereocenters. The van der Waals surface area contributed by atoms with Gasteiger partial charge in [0.15, 0.2) is 5.13 Å². The highest BCUT2D eigenvalue weighted by atomic mass is 32.2. The van der Waals surface area contributed by atoms with E-state index < -0.39 is 21.6 Å². The minimum absolute atomic E-state index is 0.0644. The van der Waals surface area contributed by atoms with E-state index in [-0.39, 0.29) is 21.2 Å². The van der Waals surface area contributed by atoms with Crippen LogP contribution in [0.15, 0.2) is 69.7 Å². The van der Waals surface area contributed by atoms with Crippen LogP contribution in [0.2, 0.25) is 0 Å². The first-order chi connectivity index (χ1) is 14.3. The van der Waals surface area contributed by atoms with Gasteiger partial charge in [-0.3, -0.25) is 4.79 Å². The van der Waals surface area contributed by atoms with E-state index in [1.807, 2.05) is 0 Å². The summed E-state index contributed by atoms with van der Waals surface area (Å²) in [7, 11) is -2.37. The number of hydrogen-bond acceptors (Lipinski definition) is 6. The Kier molecular flexibility index (Phi) is 4.88. The second-order valence-corrected chi connectivity index (χ2v) is 9.23. The number of nitrogens with one attached hydrogen (secondary N) is 1. The molecule has 0 fully saturated rings. The van der Waals surface area contributed by atoms with Crippen LogP contribution in [0.25, 0.3) is 22.2 Å². The first-order valence-corrected chi connectivity index (χ1v) is 11.0. The van der Waals surface area contributed by atoms with Crippen molar-refractivity contribution in [2.45, 2.75) is 4.90 Å². The van der Waals surface area contributed by atoms with E-state index in [4.69, 9.17) is 5.11 Å². The molecule has 0 saturated heterocycles. The zero-order chi connectivity index (χ0) is 21.5. The van der Waals surface area contributed by atoms with Gasteiger partial charge in [0, 0.05) is 17.9 Å². The van der Waals surface area contributed by atoms with Crippen LogP contribution in [0.3, 0.4) is 0 Å². The van der Waals surface area contributed by atoms with Crippen molar-refractivity contribution in [3.05, 3.63) is 75.9 Å². The second kappa shape index (κ2) is 7.39. The predicted octanol–water partition coefficient (Wildman–Crippen LogP) is 3.17. The van der Waals surface area contributed by atoms with E-state index in [0.29, 0.717) is 16.6 Å². The lowest BCUT2D eigenvalue weighted by Crippen LogP contribution is -2.26. The molecule has 2 aromatic carbocycles. The quantitative estimate of drug-likeness (QED) is 0.491. The fraction of sp³-hybridized carbons (Fsp3) is 0.0500. The summed E-state index contributed by atoms with van der Waals surface area (Å²) in [4.78, 5) is 30.8. The summed E-state index contributed by atoms with van der Waals surface area (Å²) in [5, 5.41) is 11.6. The Hall–Kier alpha value is -3.50. The molecule has 4 rings (SSSR count). The molecule has 0 amide bonds. The van der Waals surface area contributed by atoms with Crippen molar-refractivity contribution in [1.29, 1.82) is 0 Å². The number of thiazole rings is 1. The molecule has 10 heteroatoms. The molecule has 0 aliphatic carbocycles. The number of fused-ring (bicyclic) bond motifs is 1. The van der Waals surface area contributed by atoms with Gasteiger partial charge in [0.1, 0.15) is 0 Å². The fourth-order valence-electron chi connectivity index (χ4n) is 2.91. The van der Waals surface area contributed by atoms with Gasteiger partial charge < -0.3 is 10.1 Å². The lowest BCUT2D eigenvalue weighted by atomic mass is 10.1. The van der Waals surface area contributed by atoms with Gasteiger partial charge in [-0.1, -0.05) is 24.3 Å². The van der Waals surface area contributed by atoms with Crippen LogP contribution >= 0.6 is 11.3 Å². The molecule has 0 aliphatic rings. The molecule has 0 bridgehead atoms. The topological polar surface area (TPSA) is 120 Å². The SMILES string of the molecule is CN(c1nc(-c2cc3ccc(C(=O)O)cc3[nH]c2=O)cs1)S(=O)(=O)c1ccccc1. The summed E-state index contributed by atoms with van der Waals surface area (Å²) in [5.41, 5.74) is 0.599. The summed E-state index contributed by atoms with van der Waals surface area (Å²) < 4.78 is 26.6. The van der Waals surface area contributed by atoms with E-state index in [9.17, 15) is 18.0 Å². The minimum atomic E-state index is -3.78. The van der Waals surface area contributed by atoms with Crippen molar-refractivity contribution in [1.82, 2.24) is 9.97 Å². The lowest BCUT2D eigenvalue weighted by molar-refractivity contribution is 0.0697. The molecule has 30 heavy (non-hydrogen) atoms. The first-order valence-electron chi connectivity index (χ1n) is 8.67. The minimum Gasteiger partial charge on any atom is -0.478 e. The van der Waals surface area contributed by atoms with Crippen molar-refractivity contribution in [2.75, 3.05) is 11.4 Å². The van der Waals surface area contributed by atoms with E-state index >= 15 is 0 Å². The van der Waals surface area contributed by atoms with E-state index in [0.717, 1.165) is 15.6 Å². The van der Waals surface area contributed by atoms with Gasteiger partial charge in [0.25, 0.3) is 15.6 Å². The molecule has 4 aromatic rings. The third kappa shape index (κ3) is 3.46. The third-order valence-corrected chi connectivity index (χ3v) is 7.33. The molecular formula is C20H15N3O5S2. The van der Waals surface area contributed by atoms with Crippen LogP contribution in [0.4, 0.5) is 5.13 Å². The Bertz CT molecular complexity index is 1430. The Morgan fingerprint density at radius 1 is 1.13 bits per heavy atom. The average molecular weight is 441 g/mol. The van der Waals surface area contributed by atoms with Gasteiger partial charge in [-0.2, -0.15) is 0 Å². The van der Waals surface area contributed by atoms with Crippen LogP contribution in [-0.2, 0) is 10.0 Å². The number of aromatic carboxylic acids is 1. The van der Waals surface area contributed by atoms with Crippen LogP contribution in [0, 0.1) is 0 Å². The number of aromatic nitrogens is 2. The van der Waals surface area contributed by atoms with Gasteiger partial charge in [-0.15, -0.1) is 11.3 Å². The molecule has 2 N–H and O–H groups in total. The summed E-state index contributed by atoms with van der Waals surface area (Å²) >= 11 is 1.10. The Labute approximate surface area is 175 Å². The Morgan fingerprint density at radius 3 is 2.57 bits per heavy atom. The summed E-state index contributed by atoms with van der Waals surface area (Å²) in [6.45, 7) is 0. The number of rotatable bonds is 5. The lowest BCUT2D eigenvalue weighted by Gasteiger charge is -2.16. The number of anilines is 1. The Balaban J connectivity index is 1.73. The molecule has 8 nitrogen and oxygen atoms in total. The summed E-state index contributed by atoms with van der Waals surface area (Å²) in [6, 6.07) is 14.0. The smallest absolute Gasteiger partial charge is 0.335 e. The van der Waals surface area contributed by atoms with Gasteiger partial charge >= 0.3 is 5.97 Å². The van der Waals surface area contributed by atoms with Crippen LogP contribution in [-0.4, -0.2) is 36.5 Å². The summed E-state index contributed by atoms with van der Waals surface area (Å²) in [6.07, 6.45) is 0. The molecule has 152 valence electrons. The molecule has 0 unspecified atom stereocenters. The molecule has 0 spiro atoms. The Morgan fingerprint density at radius 2 is 1.87 bits per heavy atom. The number of hydrogen-bond donors (Lipinski definition) is 2. The molecule has 0 saturated carbocycles. The molecular weight excluding hydrogens is 426 g/mol. The van der Waals surface area contributed by atoms with Gasteiger partial charge in [0.05, 0.1) is 21.7 Å². The maximum atomic E-state index is 12.8. The van der Waals surface area contributed by atoms with Gasteiger partial charge in [-0.05, 0) is 35.7 Å². The number of aromatic amines is 1. The molecule has 2 heterocycles. The maximum Gasteiger partial charge on any atom is 0.335 e. The highest BCUT2D eigenvalue weighted by Crippen LogP contribution is 2.29. The second-order valence-electron chi connectivity index (χ2n) is 6.42. The normalized spacial score (nSPS) is 11.5. The van der Waals surface area contributed by atoms with Crippen LogP contribution in [0.5, 0.6) is 0 Å². The average Bonchev–Trinajstić information content (AvgIpc) is 3.22. The van der Waals surface area contributed by atoms with E-state index in [2.05, 4.69) is 9.97 Å². The fourth-order valence-corrected chi connectivity index (χ4v) is 5.09. The predicted molar refractivity (Wildman–Crippen MR) is 115 cm³/mol. The molecule has 2 aromatic heterocycles. The number of pyridine rings is 1. The number of nitrogens with zero attached hydrogens (tertiary/aromatic N) is 2. The van der Waals surface area contributed by atoms with Crippen molar-refractivity contribution in [2.24, 2.45) is 0 Å². The third-order valence-electron chi connectivity index (χ3n) is 4.53. The van der Waals surface area contributed by atoms with E-state index in [1.165, 1.54) is 31.3 Å². The van der Waals surface area contributed by atoms with Crippen LogP contribution in [0.1, 0.15) is 10.4 Å². The number of benzene rings is 2. The zero-order valence-corrected chi connectivity index (χ0v) is 17.2. The summed E-state index contributed by atoms with van der Waals surface area (Å²) in [5.74, 6) is -1.09. The molecule has 0 radical (unpaired) electrons. The number of carboxylic acids is 1. The van der Waals surface area contributed by atoms with Crippen molar-refractivity contribution in [3.8, 4) is 11.3 Å². The first kappa shape index (κ1) is 19.8. The van der Waals surface area contributed by atoms with Crippen molar-refractivity contribution >= 4 is 43.4 Å². The van der Waals surface area contributed by atoms with Gasteiger partial charge in [-0.25, -0.2) is 22.5 Å². The van der Waals surface area contributed by atoms with E-state index in [1.54, 1.807) is 35.7 Å². The number of H-pyrrole nitrogens is 1. The molecule has 0 aliphatic heterocycles.